The van der Waals surface area contributed by atoms with Crippen LogP contribution in [0.5, 0.6) is 0 Å². The van der Waals surface area contributed by atoms with E-state index < -0.39 is 11.6 Å². The Balaban J connectivity index is 1.74. The van der Waals surface area contributed by atoms with Crippen molar-refractivity contribution in [3.05, 3.63) is 34.9 Å². The Kier molecular flexibility index (Phi) is 5.04. The van der Waals surface area contributed by atoms with Crippen LogP contribution in [0.2, 0.25) is 0 Å². The Morgan fingerprint density at radius 2 is 2.04 bits per heavy atom. The molecule has 0 aromatic heterocycles. The average Bonchev–Trinajstić information content (AvgIpc) is 2.56. The van der Waals surface area contributed by atoms with Gasteiger partial charge in [0.1, 0.15) is 11.6 Å². The van der Waals surface area contributed by atoms with Crippen molar-refractivity contribution in [2.75, 3.05) is 13.7 Å². The lowest BCUT2D eigenvalue weighted by molar-refractivity contribution is 0.0420. The second kappa shape index (κ2) is 7.05. The molecule has 0 bridgehead atoms. The van der Waals surface area contributed by atoms with E-state index in [9.17, 15) is 13.6 Å². The summed E-state index contributed by atoms with van der Waals surface area (Å²) < 4.78 is 33.0. The van der Waals surface area contributed by atoms with Gasteiger partial charge in [-0.15, -0.1) is 0 Å². The lowest BCUT2D eigenvalue weighted by Crippen LogP contribution is -2.52. The van der Waals surface area contributed by atoms with E-state index in [0.29, 0.717) is 24.1 Å². The molecule has 2 amide bonds. The first kappa shape index (κ1) is 17.1. The van der Waals surface area contributed by atoms with Crippen LogP contribution in [0.1, 0.15) is 49.8 Å². The molecular weight excluding hydrogens is 314 g/mol. The van der Waals surface area contributed by atoms with Gasteiger partial charge < -0.3 is 15.0 Å². The highest BCUT2D eigenvalue weighted by Crippen LogP contribution is 2.32. The molecule has 1 N–H and O–H groups in total. The number of benzene rings is 1. The predicted octanol–water partition coefficient (Wildman–Crippen LogP) is 3.55. The Hall–Kier alpha value is -1.69. The van der Waals surface area contributed by atoms with Gasteiger partial charge in [-0.3, -0.25) is 0 Å². The summed E-state index contributed by atoms with van der Waals surface area (Å²) >= 11 is 0. The lowest BCUT2D eigenvalue weighted by Gasteiger charge is -2.38. The van der Waals surface area contributed by atoms with Gasteiger partial charge in [-0.25, -0.2) is 13.6 Å². The summed E-state index contributed by atoms with van der Waals surface area (Å²) in [5.41, 5.74) is 1.07. The highest BCUT2D eigenvalue weighted by atomic mass is 19.1. The molecule has 0 radical (unpaired) electrons. The molecule has 1 aromatic carbocycles. The number of fused-ring (bicyclic) bond motifs is 1. The second-order valence-corrected chi connectivity index (χ2v) is 6.69. The second-order valence-electron chi connectivity index (χ2n) is 6.69. The van der Waals surface area contributed by atoms with Crippen LogP contribution in [0.15, 0.2) is 12.1 Å². The number of halogens is 2. The maximum absolute atomic E-state index is 13.9. The highest BCUT2D eigenvalue weighted by molar-refractivity contribution is 5.75. The van der Waals surface area contributed by atoms with Crippen molar-refractivity contribution in [3.8, 4) is 0 Å². The standard InChI is InChI=1S/C18H24F2N2O2/c1-11-14-9-12(19)10-15(20)13(14)7-8-22(11)18(23)21-16-5-3-4-6-17(16)24-2/h9-11,16-17H,3-8H2,1-2H3,(H,21,23)/t11?,16-,17-/m1/s1. The summed E-state index contributed by atoms with van der Waals surface area (Å²) in [5, 5.41) is 3.05. The first-order valence-corrected chi connectivity index (χ1v) is 8.59. The predicted molar refractivity (Wildman–Crippen MR) is 86.8 cm³/mol. The number of hydrogen-bond acceptors (Lipinski definition) is 2. The quantitative estimate of drug-likeness (QED) is 0.896. The lowest BCUT2D eigenvalue weighted by atomic mass is 9.91. The third-order valence-corrected chi connectivity index (χ3v) is 5.29. The van der Waals surface area contributed by atoms with Gasteiger partial charge >= 0.3 is 6.03 Å². The third-order valence-electron chi connectivity index (χ3n) is 5.29. The number of ether oxygens (including phenoxy) is 1. The average molecular weight is 338 g/mol. The minimum atomic E-state index is -0.605. The molecule has 3 rings (SSSR count). The van der Waals surface area contributed by atoms with Crippen molar-refractivity contribution >= 4 is 6.03 Å². The number of hydrogen-bond donors (Lipinski definition) is 1. The van der Waals surface area contributed by atoms with E-state index in [1.807, 2.05) is 6.92 Å². The molecule has 1 fully saturated rings. The Morgan fingerprint density at radius 3 is 2.79 bits per heavy atom. The van der Waals surface area contributed by atoms with E-state index in [4.69, 9.17) is 4.74 Å². The summed E-state index contributed by atoms with van der Waals surface area (Å²) in [5.74, 6) is -1.13. The summed E-state index contributed by atoms with van der Waals surface area (Å²) in [6.45, 7) is 2.23. The third kappa shape index (κ3) is 3.24. The molecule has 6 heteroatoms. The van der Waals surface area contributed by atoms with Crippen molar-refractivity contribution in [2.24, 2.45) is 0 Å². The van der Waals surface area contributed by atoms with Gasteiger partial charge in [-0.05, 0) is 43.4 Å². The smallest absolute Gasteiger partial charge is 0.318 e. The monoisotopic (exact) mass is 338 g/mol. The number of urea groups is 1. The van der Waals surface area contributed by atoms with Crippen molar-refractivity contribution in [1.82, 2.24) is 10.2 Å². The van der Waals surface area contributed by atoms with Crippen LogP contribution >= 0.6 is 0 Å². The van der Waals surface area contributed by atoms with Crippen LogP contribution < -0.4 is 5.32 Å². The number of methoxy groups -OCH3 is 1. The maximum atomic E-state index is 13.9. The van der Waals surface area contributed by atoms with E-state index in [-0.39, 0.29) is 24.2 Å². The normalized spacial score (nSPS) is 26.8. The summed E-state index contributed by atoms with van der Waals surface area (Å²) in [6.07, 6.45) is 4.45. The molecule has 3 atom stereocenters. The molecule has 24 heavy (non-hydrogen) atoms. The van der Waals surface area contributed by atoms with Gasteiger partial charge in [0.25, 0.3) is 0 Å². The molecular formula is C18H24F2N2O2. The topological polar surface area (TPSA) is 41.6 Å². The zero-order valence-electron chi connectivity index (χ0n) is 14.1. The van der Waals surface area contributed by atoms with Crippen LogP contribution in [-0.2, 0) is 11.2 Å². The van der Waals surface area contributed by atoms with Gasteiger partial charge in [0.2, 0.25) is 0 Å². The van der Waals surface area contributed by atoms with Gasteiger partial charge in [0, 0.05) is 19.7 Å². The Labute approximate surface area is 141 Å². The van der Waals surface area contributed by atoms with E-state index in [1.165, 1.54) is 6.07 Å². The van der Waals surface area contributed by atoms with E-state index in [2.05, 4.69) is 5.32 Å². The number of carbonyl (C=O) groups is 1. The fraction of sp³-hybridized carbons (Fsp3) is 0.611. The van der Waals surface area contributed by atoms with E-state index in [1.54, 1.807) is 12.0 Å². The maximum Gasteiger partial charge on any atom is 0.318 e. The summed E-state index contributed by atoms with van der Waals surface area (Å²) in [7, 11) is 1.67. The first-order chi connectivity index (χ1) is 11.5. The fourth-order valence-corrected chi connectivity index (χ4v) is 3.92. The van der Waals surface area contributed by atoms with Gasteiger partial charge in [0.05, 0.1) is 18.2 Å². The molecule has 0 spiro atoms. The first-order valence-electron chi connectivity index (χ1n) is 8.59. The number of nitrogens with zero attached hydrogens (tertiary/aromatic N) is 1. The largest absolute Gasteiger partial charge is 0.379 e. The molecule has 1 aliphatic carbocycles. The van der Waals surface area contributed by atoms with E-state index in [0.717, 1.165) is 31.7 Å². The molecule has 2 aliphatic rings. The van der Waals surface area contributed by atoms with Gasteiger partial charge in [0.15, 0.2) is 0 Å². The Bertz CT molecular complexity index is 623. The van der Waals surface area contributed by atoms with Crippen molar-refractivity contribution in [3.63, 3.8) is 0 Å². The fourth-order valence-electron chi connectivity index (χ4n) is 3.92. The zero-order chi connectivity index (χ0) is 17.3. The highest BCUT2D eigenvalue weighted by Gasteiger charge is 2.33. The van der Waals surface area contributed by atoms with Crippen LogP contribution in [0.3, 0.4) is 0 Å². The molecule has 132 valence electrons. The van der Waals surface area contributed by atoms with Gasteiger partial charge in [-0.2, -0.15) is 0 Å². The van der Waals surface area contributed by atoms with Crippen molar-refractivity contribution < 1.29 is 18.3 Å². The zero-order valence-corrected chi connectivity index (χ0v) is 14.1. The molecule has 1 aliphatic heterocycles. The molecule has 1 aromatic rings. The summed E-state index contributed by atoms with van der Waals surface area (Å²) in [4.78, 5) is 14.3. The molecule has 1 heterocycles. The Morgan fingerprint density at radius 1 is 1.29 bits per heavy atom. The van der Waals surface area contributed by atoms with Crippen LogP contribution in [0.25, 0.3) is 0 Å². The van der Waals surface area contributed by atoms with E-state index >= 15 is 0 Å². The molecule has 1 unspecified atom stereocenters. The van der Waals surface area contributed by atoms with Gasteiger partial charge in [-0.1, -0.05) is 12.8 Å². The summed E-state index contributed by atoms with van der Waals surface area (Å²) in [6, 6.07) is 1.69. The van der Waals surface area contributed by atoms with Crippen LogP contribution in [0.4, 0.5) is 13.6 Å². The van der Waals surface area contributed by atoms with Crippen LogP contribution in [0, 0.1) is 11.6 Å². The molecule has 4 nitrogen and oxygen atoms in total. The molecule has 0 saturated heterocycles. The minimum Gasteiger partial charge on any atom is -0.379 e. The number of carbonyl (C=O) groups excluding carboxylic acids is 1. The number of nitrogens with one attached hydrogen (secondary N) is 1. The molecule has 1 saturated carbocycles. The van der Waals surface area contributed by atoms with Crippen LogP contribution in [-0.4, -0.2) is 36.7 Å². The minimum absolute atomic E-state index is 0.00547. The number of amides is 2. The SMILES string of the molecule is CO[C@@H]1CCCC[C@H]1NC(=O)N1CCc2c(F)cc(F)cc2C1C. The number of rotatable bonds is 2. The van der Waals surface area contributed by atoms with Crippen molar-refractivity contribution in [2.45, 2.75) is 57.2 Å². The van der Waals surface area contributed by atoms with Crippen molar-refractivity contribution in [1.29, 1.82) is 0 Å².